The van der Waals surface area contributed by atoms with Crippen molar-refractivity contribution >= 4 is 0 Å². The number of hydrogen-bond acceptors (Lipinski definition) is 3. The average molecular weight is 169 g/mol. The maximum atomic E-state index is 5.43. The molecule has 1 aromatic heterocycles. The molecule has 0 radical (unpaired) electrons. The fourth-order valence-electron chi connectivity index (χ4n) is 0.985. The van der Waals surface area contributed by atoms with E-state index in [0.29, 0.717) is 13.2 Å². The number of hydrogen-bond donors (Lipinski definition) is 1. The van der Waals surface area contributed by atoms with Gasteiger partial charge in [-0.15, -0.1) is 0 Å². The summed E-state index contributed by atoms with van der Waals surface area (Å²) in [6, 6.07) is 0. The standard InChI is InChI=1S/C8H15N3O/c1-7-8(6-11(2)10-7)12-5-3-4-9/h6H,3-5,9H2,1-2H3. The van der Waals surface area contributed by atoms with E-state index >= 15 is 0 Å². The minimum atomic E-state index is 0.666. The van der Waals surface area contributed by atoms with Gasteiger partial charge in [-0.1, -0.05) is 0 Å². The first-order chi connectivity index (χ1) is 5.74. The lowest BCUT2D eigenvalue weighted by molar-refractivity contribution is 0.311. The number of rotatable bonds is 4. The van der Waals surface area contributed by atoms with Gasteiger partial charge in [-0.3, -0.25) is 4.68 Å². The third kappa shape index (κ3) is 2.23. The van der Waals surface area contributed by atoms with Crippen LogP contribution in [0.4, 0.5) is 0 Å². The minimum absolute atomic E-state index is 0.666. The zero-order valence-electron chi connectivity index (χ0n) is 7.58. The molecule has 4 heteroatoms. The molecule has 1 aromatic rings. The smallest absolute Gasteiger partial charge is 0.160 e. The molecule has 1 rings (SSSR count). The normalized spacial score (nSPS) is 10.2. The number of nitrogens with two attached hydrogens (primary N) is 1. The molecule has 2 N–H and O–H groups in total. The van der Waals surface area contributed by atoms with Gasteiger partial charge in [-0.05, 0) is 19.9 Å². The van der Waals surface area contributed by atoms with Crippen LogP contribution in [0.3, 0.4) is 0 Å². The number of ether oxygens (including phenoxy) is 1. The summed E-state index contributed by atoms with van der Waals surface area (Å²) in [7, 11) is 1.88. The van der Waals surface area contributed by atoms with Crippen molar-refractivity contribution in [2.75, 3.05) is 13.2 Å². The average Bonchev–Trinajstić information content (AvgIpc) is 2.31. The number of aromatic nitrogens is 2. The van der Waals surface area contributed by atoms with Gasteiger partial charge in [0.05, 0.1) is 12.8 Å². The lowest BCUT2D eigenvalue weighted by Crippen LogP contribution is -2.06. The molecule has 68 valence electrons. The highest BCUT2D eigenvalue weighted by molar-refractivity contribution is 5.22. The molecule has 4 nitrogen and oxygen atoms in total. The first-order valence-corrected chi connectivity index (χ1v) is 4.07. The molecule has 0 aliphatic rings. The van der Waals surface area contributed by atoms with Crippen molar-refractivity contribution in [1.29, 1.82) is 0 Å². The van der Waals surface area contributed by atoms with E-state index in [0.717, 1.165) is 17.9 Å². The van der Waals surface area contributed by atoms with Gasteiger partial charge in [0.25, 0.3) is 0 Å². The van der Waals surface area contributed by atoms with Crippen molar-refractivity contribution in [3.8, 4) is 5.75 Å². The molecule has 1 heterocycles. The van der Waals surface area contributed by atoms with Crippen LogP contribution in [-0.2, 0) is 7.05 Å². The molecule has 0 spiro atoms. The van der Waals surface area contributed by atoms with Gasteiger partial charge < -0.3 is 10.5 Å². The van der Waals surface area contributed by atoms with Gasteiger partial charge in [0.1, 0.15) is 5.69 Å². The van der Waals surface area contributed by atoms with Gasteiger partial charge in [0.2, 0.25) is 0 Å². The van der Waals surface area contributed by atoms with Crippen molar-refractivity contribution in [2.45, 2.75) is 13.3 Å². The predicted octanol–water partition coefficient (Wildman–Crippen LogP) is 0.456. The van der Waals surface area contributed by atoms with Crippen molar-refractivity contribution < 1.29 is 4.74 Å². The van der Waals surface area contributed by atoms with Crippen LogP contribution in [0.2, 0.25) is 0 Å². The molecule has 0 saturated heterocycles. The zero-order valence-corrected chi connectivity index (χ0v) is 7.58. The maximum Gasteiger partial charge on any atom is 0.160 e. The van der Waals surface area contributed by atoms with Crippen LogP contribution >= 0.6 is 0 Å². The number of aryl methyl sites for hydroxylation is 2. The summed E-state index contributed by atoms with van der Waals surface area (Å²) in [6.07, 6.45) is 2.75. The lowest BCUT2D eigenvalue weighted by Gasteiger charge is -2.01. The second-order valence-electron chi connectivity index (χ2n) is 2.74. The first kappa shape index (κ1) is 9.06. The first-order valence-electron chi connectivity index (χ1n) is 4.07. The summed E-state index contributed by atoms with van der Waals surface area (Å²) < 4.78 is 7.18. The molecule has 0 fully saturated rings. The quantitative estimate of drug-likeness (QED) is 0.666. The highest BCUT2D eigenvalue weighted by Crippen LogP contribution is 2.14. The maximum absolute atomic E-state index is 5.43. The Morgan fingerprint density at radius 1 is 1.67 bits per heavy atom. The van der Waals surface area contributed by atoms with E-state index in [1.807, 2.05) is 20.2 Å². The van der Waals surface area contributed by atoms with E-state index in [1.54, 1.807) is 4.68 Å². The Balaban J connectivity index is 2.45. The highest BCUT2D eigenvalue weighted by Gasteiger charge is 2.02. The lowest BCUT2D eigenvalue weighted by atomic mass is 10.4. The van der Waals surface area contributed by atoms with E-state index in [2.05, 4.69) is 5.10 Å². The van der Waals surface area contributed by atoms with Crippen LogP contribution in [0.1, 0.15) is 12.1 Å². The highest BCUT2D eigenvalue weighted by atomic mass is 16.5. The monoisotopic (exact) mass is 169 g/mol. The van der Waals surface area contributed by atoms with Crippen LogP contribution in [-0.4, -0.2) is 22.9 Å². The Morgan fingerprint density at radius 3 is 2.92 bits per heavy atom. The van der Waals surface area contributed by atoms with Gasteiger partial charge in [-0.2, -0.15) is 5.10 Å². The minimum Gasteiger partial charge on any atom is -0.490 e. The van der Waals surface area contributed by atoms with Crippen LogP contribution < -0.4 is 10.5 Å². The summed E-state index contributed by atoms with van der Waals surface area (Å²) in [4.78, 5) is 0. The Morgan fingerprint density at radius 2 is 2.42 bits per heavy atom. The summed E-state index contributed by atoms with van der Waals surface area (Å²) in [5.41, 5.74) is 6.26. The summed E-state index contributed by atoms with van der Waals surface area (Å²) >= 11 is 0. The molecular formula is C8H15N3O. The van der Waals surface area contributed by atoms with E-state index in [1.165, 1.54) is 0 Å². The van der Waals surface area contributed by atoms with E-state index in [4.69, 9.17) is 10.5 Å². The third-order valence-electron chi connectivity index (χ3n) is 1.57. The molecule has 0 aliphatic heterocycles. The Labute approximate surface area is 72.3 Å². The summed E-state index contributed by atoms with van der Waals surface area (Å²) in [5, 5.41) is 4.15. The van der Waals surface area contributed by atoms with E-state index in [-0.39, 0.29) is 0 Å². The predicted molar refractivity (Wildman–Crippen MR) is 47.1 cm³/mol. The van der Waals surface area contributed by atoms with Gasteiger partial charge >= 0.3 is 0 Å². The molecule has 0 amide bonds. The summed E-state index contributed by atoms with van der Waals surface area (Å²) in [5.74, 6) is 0.853. The third-order valence-corrected chi connectivity index (χ3v) is 1.57. The summed E-state index contributed by atoms with van der Waals surface area (Å²) in [6.45, 7) is 3.26. The Bertz CT molecular complexity index is 244. The Hall–Kier alpha value is -1.03. The zero-order chi connectivity index (χ0) is 8.97. The molecule has 0 aliphatic carbocycles. The van der Waals surface area contributed by atoms with Crippen LogP contribution in [0.15, 0.2) is 6.20 Å². The molecule has 0 aromatic carbocycles. The van der Waals surface area contributed by atoms with Gasteiger partial charge in [0.15, 0.2) is 5.75 Å². The molecule has 0 atom stereocenters. The van der Waals surface area contributed by atoms with Crippen LogP contribution in [0.25, 0.3) is 0 Å². The van der Waals surface area contributed by atoms with Gasteiger partial charge in [0, 0.05) is 7.05 Å². The second kappa shape index (κ2) is 4.11. The van der Waals surface area contributed by atoms with Crippen molar-refractivity contribution in [1.82, 2.24) is 9.78 Å². The largest absolute Gasteiger partial charge is 0.490 e. The SMILES string of the molecule is Cc1nn(C)cc1OCCCN. The number of nitrogens with zero attached hydrogens (tertiary/aromatic N) is 2. The molecular weight excluding hydrogens is 154 g/mol. The van der Waals surface area contributed by atoms with Crippen LogP contribution in [0, 0.1) is 6.92 Å². The second-order valence-corrected chi connectivity index (χ2v) is 2.74. The molecule has 0 unspecified atom stereocenters. The fourth-order valence-corrected chi connectivity index (χ4v) is 0.985. The van der Waals surface area contributed by atoms with E-state index < -0.39 is 0 Å². The van der Waals surface area contributed by atoms with Crippen LogP contribution in [0.5, 0.6) is 5.75 Å². The molecule has 12 heavy (non-hydrogen) atoms. The molecule has 0 saturated carbocycles. The van der Waals surface area contributed by atoms with Crippen molar-refractivity contribution in [3.05, 3.63) is 11.9 Å². The van der Waals surface area contributed by atoms with E-state index in [9.17, 15) is 0 Å². The van der Waals surface area contributed by atoms with Crippen molar-refractivity contribution in [3.63, 3.8) is 0 Å². The van der Waals surface area contributed by atoms with Crippen molar-refractivity contribution in [2.24, 2.45) is 12.8 Å². The van der Waals surface area contributed by atoms with Gasteiger partial charge in [-0.25, -0.2) is 0 Å². The topological polar surface area (TPSA) is 53.1 Å². The Kier molecular flexibility index (Phi) is 3.10. The fraction of sp³-hybridized carbons (Fsp3) is 0.625. The molecule has 0 bridgehead atoms.